The summed E-state index contributed by atoms with van der Waals surface area (Å²) in [6, 6.07) is 14.7. The second-order valence-electron chi connectivity index (χ2n) is 5.32. The molecule has 2 aromatic rings. The van der Waals surface area contributed by atoms with Gasteiger partial charge in [0.25, 0.3) is 0 Å². The number of aliphatic hydroxyl groups is 1. The van der Waals surface area contributed by atoms with E-state index < -0.39 is 6.10 Å². The van der Waals surface area contributed by atoms with E-state index in [-0.39, 0.29) is 0 Å². The maximum Gasteiger partial charge on any atom is 0.0931 e. The van der Waals surface area contributed by atoms with Gasteiger partial charge in [0.15, 0.2) is 0 Å². The first-order valence-electron chi connectivity index (χ1n) is 7.02. The van der Waals surface area contributed by atoms with E-state index in [0.29, 0.717) is 11.7 Å². The van der Waals surface area contributed by atoms with Crippen molar-refractivity contribution in [1.82, 2.24) is 4.98 Å². The Labute approximate surface area is 120 Å². The van der Waals surface area contributed by atoms with Gasteiger partial charge in [-0.3, -0.25) is 4.98 Å². The molecule has 0 aliphatic heterocycles. The van der Waals surface area contributed by atoms with E-state index in [2.05, 4.69) is 48.0 Å². The van der Waals surface area contributed by atoms with Crippen molar-refractivity contribution < 1.29 is 5.11 Å². The molecular weight excluding hydrogens is 248 g/mol. The molecule has 0 fully saturated rings. The Balaban J connectivity index is 2.20. The number of benzene rings is 1. The summed E-state index contributed by atoms with van der Waals surface area (Å²) in [7, 11) is 0. The fraction of sp³-hybridized carbons (Fsp3) is 0.353. The minimum atomic E-state index is -0.523. The van der Waals surface area contributed by atoms with Gasteiger partial charge in [-0.15, -0.1) is 0 Å². The van der Waals surface area contributed by atoms with Gasteiger partial charge in [-0.05, 0) is 38.5 Å². The molecule has 2 rings (SSSR count). The second-order valence-corrected chi connectivity index (χ2v) is 5.32. The van der Waals surface area contributed by atoms with Crippen LogP contribution in [0.1, 0.15) is 38.1 Å². The van der Waals surface area contributed by atoms with Gasteiger partial charge in [-0.25, -0.2) is 0 Å². The molecule has 1 heterocycles. The molecule has 1 aromatic carbocycles. The molecule has 0 amide bonds. The zero-order chi connectivity index (χ0) is 14.5. The number of hydrogen-bond acceptors (Lipinski definition) is 3. The first kappa shape index (κ1) is 14.5. The number of aromatic nitrogens is 1. The topological polar surface area (TPSA) is 36.4 Å². The molecule has 0 spiro atoms. The van der Waals surface area contributed by atoms with E-state index in [1.54, 1.807) is 6.92 Å². The SMILES string of the molecule is CC(C)N(Cc1ccccc1)c1ccc([C@@H](C)O)nc1. The smallest absolute Gasteiger partial charge is 0.0931 e. The molecule has 0 radical (unpaired) electrons. The minimum absolute atomic E-state index is 0.384. The maximum atomic E-state index is 9.52. The highest BCUT2D eigenvalue weighted by Crippen LogP contribution is 2.21. The van der Waals surface area contributed by atoms with Crippen LogP contribution in [0.5, 0.6) is 0 Å². The molecule has 1 N–H and O–H groups in total. The van der Waals surface area contributed by atoms with Crippen molar-refractivity contribution in [2.45, 2.75) is 39.5 Å². The molecule has 3 heteroatoms. The molecule has 0 aliphatic rings. The fourth-order valence-electron chi connectivity index (χ4n) is 2.17. The third-order valence-electron chi connectivity index (χ3n) is 3.35. The van der Waals surface area contributed by atoms with Crippen LogP contribution in [-0.4, -0.2) is 16.1 Å². The lowest BCUT2D eigenvalue weighted by Gasteiger charge is -2.29. The minimum Gasteiger partial charge on any atom is -0.387 e. The van der Waals surface area contributed by atoms with Crippen molar-refractivity contribution in [3.63, 3.8) is 0 Å². The molecule has 3 nitrogen and oxygen atoms in total. The Bertz CT molecular complexity index is 520. The van der Waals surface area contributed by atoms with Gasteiger partial charge in [-0.1, -0.05) is 30.3 Å². The summed E-state index contributed by atoms with van der Waals surface area (Å²) in [5.41, 5.74) is 3.06. The maximum absolute atomic E-state index is 9.52. The Hall–Kier alpha value is -1.87. The van der Waals surface area contributed by atoms with Gasteiger partial charge in [0.05, 0.1) is 23.7 Å². The number of aliphatic hydroxyl groups excluding tert-OH is 1. The van der Waals surface area contributed by atoms with E-state index in [0.717, 1.165) is 12.2 Å². The van der Waals surface area contributed by atoms with Crippen LogP contribution in [0.25, 0.3) is 0 Å². The number of hydrogen-bond donors (Lipinski definition) is 1. The van der Waals surface area contributed by atoms with Gasteiger partial charge < -0.3 is 10.0 Å². The van der Waals surface area contributed by atoms with Gasteiger partial charge in [0.1, 0.15) is 0 Å². The summed E-state index contributed by atoms with van der Waals surface area (Å²) in [5.74, 6) is 0. The number of pyridine rings is 1. The number of nitrogens with zero attached hydrogens (tertiary/aromatic N) is 2. The summed E-state index contributed by atoms with van der Waals surface area (Å²) in [6.07, 6.45) is 1.32. The third-order valence-corrected chi connectivity index (χ3v) is 3.35. The van der Waals surface area contributed by atoms with Crippen LogP contribution in [0.15, 0.2) is 48.7 Å². The average Bonchev–Trinajstić information content (AvgIpc) is 2.45. The lowest BCUT2D eigenvalue weighted by molar-refractivity contribution is 0.194. The van der Waals surface area contributed by atoms with Crippen LogP contribution in [0.2, 0.25) is 0 Å². The highest BCUT2D eigenvalue weighted by Gasteiger charge is 2.12. The van der Waals surface area contributed by atoms with Crippen LogP contribution in [0, 0.1) is 0 Å². The average molecular weight is 270 g/mol. The molecule has 1 aromatic heterocycles. The van der Waals surface area contributed by atoms with Crippen LogP contribution in [0.3, 0.4) is 0 Å². The van der Waals surface area contributed by atoms with Gasteiger partial charge >= 0.3 is 0 Å². The Kier molecular flexibility index (Phi) is 4.74. The monoisotopic (exact) mass is 270 g/mol. The normalized spacial score (nSPS) is 12.4. The molecule has 20 heavy (non-hydrogen) atoms. The Morgan fingerprint density at radius 3 is 2.25 bits per heavy atom. The van der Waals surface area contributed by atoms with Crippen molar-refractivity contribution in [3.05, 3.63) is 59.9 Å². The van der Waals surface area contributed by atoms with E-state index in [1.165, 1.54) is 5.56 Å². The van der Waals surface area contributed by atoms with Crippen LogP contribution in [0.4, 0.5) is 5.69 Å². The second kappa shape index (κ2) is 6.53. The van der Waals surface area contributed by atoms with Crippen molar-refractivity contribution in [2.24, 2.45) is 0 Å². The molecule has 0 aliphatic carbocycles. The molecule has 1 atom stereocenters. The lowest BCUT2D eigenvalue weighted by Crippen LogP contribution is -2.30. The fourth-order valence-corrected chi connectivity index (χ4v) is 2.17. The van der Waals surface area contributed by atoms with Crippen molar-refractivity contribution >= 4 is 5.69 Å². The largest absolute Gasteiger partial charge is 0.387 e. The lowest BCUT2D eigenvalue weighted by atomic mass is 10.1. The quantitative estimate of drug-likeness (QED) is 0.902. The summed E-state index contributed by atoms with van der Waals surface area (Å²) < 4.78 is 0. The molecule has 0 bridgehead atoms. The third kappa shape index (κ3) is 3.58. The highest BCUT2D eigenvalue weighted by atomic mass is 16.3. The zero-order valence-electron chi connectivity index (χ0n) is 12.3. The standard InChI is InChI=1S/C17H22N2O/c1-13(2)19(12-15-7-5-4-6-8-15)16-9-10-17(14(3)20)18-11-16/h4-11,13-14,20H,12H2,1-3H3/t14-/m1/s1. The van der Waals surface area contributed by atoms with Crippen LogP contribution >= 0.6 is 0 Å². The predicted molar refractivity (Wildman–Crippen MR) is 82.6 cm³/mol. The summed E-state index contributed by atoms with van der Waals surface area (Å²) in [6.45, 7) is 6.93. The molecule has 0 unspecified atom stereocenters. The Morgan fingerprint density at radius 2 is 1.75 bits per heavy atom. The highest BCUT2D eigenvalue weighted by molar-refractivity contribution is 5.46. The number of anilines is 1. The molecule has 106 valence electrons. The molecular formula is C17H22N2O. The van der Waals surface area contributed by atoms with Crippen molar-refractivity contribution in [2.75, 3.05) is 4.90 Å². The first-order chi connectivity index (χ1) is 9.58. The van der Waals surface area contributed by atoms with Gasteiger partial charge in [-0.2, -0.15) is 0 Å². The van der Waals surface area contributed by atoms with Crippen LogP contribution < -0.4 is 4.90 Å². The number of rotatable bonds is 5. The van der Waals surface area contributed by atoms with E-state index >= 15 is 0 Å². The van der Waals surface area contributed by atoms with Gasteiger partial charge in [0.2, 0.25) is 0 Å². The van der Waals surface area contributed by atoms with E-state index in [4.69, 9.17) is 0 Å². The first-order valence-corrected chi connectivity index (χ1v) is 7.02. The summed E-state index contributed by atoms with van der Waals surface area (Å²) in [4.78, 5) is 6.63. The van der Waals surface area contributed by atoms with E-state index in [9.17, 15) is 5.11 Å². The predicted octanol–water partition coefficient (Wildman–Crippen LogP) is 3.55. The van der Waals surface area contributed by atoms with E-state index in [1.807, 2.05) is 24.4 Å². The van der Waals surface area contributed by atoms with Crippen molar-refractivity contribution in [3.8, 4) is 0 Å². The Morgan fingerprint density at radius 1 is 1.05 bits per heavy atom. The van der Waals surface area contributed by atoms with Crippen molar-refractivity contribution in [1.29, 1.82) is 0 Å². The summed E-state index contributed by atoms with van der Waals surface area (Å²) in [5, 5.41) is 9.52. The zero-order valence-corrected chi connectivity index (χ0v) is 12.3. The van der Waals surface area contributed by atoms with Crippen LogP contribution in [-0.2, 0) is 6.54 Å². The summed E-state index contributed by atoms with van der Waals surface area (Å²) >= 11 is 0. The van der Waals surface area contributed by atoms with Gasteiger partial charge in [0, 0.05) is 12.6 Å². The molecule has 0 saturated carbocycles. The molecule has 0 saturated heterocycles.